The fourth-order valence-electron chi connectivity index (χ4n) is 3.38. The first kappa shape index (κ1) is 15.7. The van der Waals surface area contributed by atoms with Crippen LogP contribution in [0.2, 0.25) is 0 Å². The summed E-state index contributed by atoms with van der Waals surface area (Å²) < 4.78 is 0. The molecule has 1 amide bonds. The molecular formula is C15H18N4O3S. The van der Waals surface area contributed by atoms with Crippen molar-refractivity contribution in [1.29, 1.82) is 0 Å². The molecule has 0 saturated heterocycles. The average molecular weight is 334 g/mol. The predicted molar refractivity (Wildman–Crippen MR) is 87.0 cm³/mol. The number of H-pyrrole nitrogens is 1. The minimum Gasteiger partial charge on any atom is -0.476 e. The van der Waals surface area contributed by atoms with Gasteiger partial charge in [0.1, 0.15) is 0 Å². The zero-order chi connectivity index (χ0) is 16.9. The highest BCUT2D eigenvalue weighted by Crippen LogP contribution is 2.52. The van der Waals surface area contributed by atoms with Gasteiger partial charge < -0.3 is 10.4 Å². The number of hydrogen-bond acceptors (Lipinski definition) is 5. The van der Waals surface area contributed by atoms with Crippen molar-refractivity contribution in [3.05, 3.63) is 17.0 Å². The predicted octanol–water partition coefficient (Wildman–Crippen LogP) is 3.05. The number of carbonyl (C=O) groups excluding carboxylic acids is 1. The third-order valence-electron chi connectivity index (χ3n) is 4.20. The van der Waals surface area contributed by atoms with Gasteiger partial charge in [0, 0.05) is 18.4 Å². The van der Waals surface area contributed by atoms with Crippen molar-refractivity contribution in [2.75, 3.05) is 5.32 Å². The molecule has 2 heterocycles. The number of aromatic nitrogens is 3. The summed E-state index contributed by atoms with van der Waals surface area (Å²) >= 11 is 1.35. The summed E-state index contributed by atoms with van der Waals surface area (Å²) in [6.07, 6.45) is 0. The molecule has 0 fully saturated rings. The molecule has 23 heavy (non-hydrogen) atoms. The van der Waals surface area contributed by atoms with Crippen molar-refractivity contribution in [3.8, 4) is 10.6 Å². The number of thiazole rings is 1. The second kappa shape index (κ2) is 5.45. The molecule has 0 radical (unpaired) electrons. The Morgan fingerprint density at radius 2 is 2.09 bits per heavy atom. The highest BCUT2D eigenvalue weighted by molar-refractivity contribution is 7.19. The van der Waals surface area contributed by atoms with E-state index in [9.17, 15) is 14.7 Å². The lowest BCUT2D eigenvalue weighted by Gasteiger charge is -2.31. The van der Waals surface area contributed by atoms with Crippen LogP contribution in [-0.2, 0) is 4.79 Å². The van der Waals surface area contributed by atoms with Gasteiger partial charge in [-0.3, -0.25) is 9.89 Å². The summed E-state index contributed by atoms with van der Waals surface area (Å²) in [7, 11) is 0. The van der Waals surface area contributed by atoms with Gasteiger partial charge in [0.15, 0.2) is 10.8 Å². The number of rotatable bonds is 3. The first-order valence-electron chi connectivity index (χ1n) is 7.41. The molecule has 0 spiro atoms. The lowest BCUT2D eigenvalue weighted by molar-refractivity contribution is -0.114. The van der Waals surface area contributed by atoms with Crippen LogP contribution >= 0.6 is 11.3 Å². The molecule has 2 aromatic heterocycles. The minimum atomic E-state index is -1.04. The number of aromatic carboxylic acids is 1. The smallest absolute Gasteiger partial charge is 0.356 e. The number of fused-ring (bicyclic) bond motifs is 3. The fourth-order valence-corrected chi connectivity index (χ4v) is 4.46. The van der Waals surface area contributed by atoms with Gasteiger partial charge in [-0.15, -0.1) is 0 Å². The van der Waals surface area contributed by atoms with Crippen LogP contribution in [0.5, 0.6) is 0 Å². The van der Waals surface area contributed by atoms with Crippen molar-refractivity contribution < 1.29 is 14.7 Å². The number of anilines is 1. The Hall–Kier alpha value is -2.22. The Bertz CT molecular complexity index is 793. The quantitative estimate of drug-likeness (QED) is 0.799. The molecule has 8 heteroatoms. The average Bonchev–Trinajstić information content (AvgIpc) is 3.01. The Balaban J connectivity index is 2.21. The van der Waals surface area contributed by atoms with Crippen molar-refractivity contribution >= 4 is 28.3 Å². The maximum Gasteiger partial charge on any atom is 0.356 e. The standard InChI is InChI=1S/C15H18N4O3S/c1-5(2)8-6(3)9-11(18-19-12(9)14(21)22)13-10(8)17-15(23-13)16-7(4)20/h5-6,8H,1-4H3,(H,18,19)(H,21,22)(H,16,17,20). The summed E-state index contributed by atoms with van der Waals surface area (Å²) in [5.41, 5.74) is 2.39. The SMILES string of the molecule is CC(=O)Nc1nc2c(s1)-c1[nH]nc(C(=O)O)c1C(C)C2C(C)C. The van der Waals surface area contributed by atoms with Crippen LogP contribution in [0.15, 0.2) is 0 Å². The number of amides is 1. The third kappa shape index (κ3) is 2.42. The van der Waals surface area contributed by atoms with E-state index in [2.05, 4.69) is 34.3 Å². The van der Waals surface area contributed by atoms with E-state index in [4.69, 9.17) is 0 Å². The molecular weight excluding hydrogens is 316 g/mol. The Labute approximate surface area is 137 Å². The molecule has 7 nitrogen and oxygen atoms in total. The van der Waals surface area contributed by atoms with E-state index in [1.165, 1.54) is 18.3 Å². The Morgan fingerprint density at radius 3 is 2.65 bits per heavy atom. The summed E-state index contributed by atoms with van der Waals surface area (Å²) in [4.78, 5) is 28.2. The first-order chi connectivity index (χ1) is 10.8. The van der Waals surface area contributed by atoms with Crippen molar-refractivity contribution in [2.45, 2.75) is 39.5 Å². The maximum absolute atomic E-state index is 11.5. The molecule has 0 aliphatic heterocycles. The van der Waals surface area contributed by atoms with Crippen LogP contribution < -0.4 is 5.32 Å². The van der Waals surface area contributed by atoms with Gasteiger partial charge in [-0.1, -0.05) is 32.1 Å². The summed E-state index contributed by atoms with van der Waals surface area (Å²) in [6, 6.07) is 0. The number of nitrogens with zero attached hydrogens (tertiary/aromatic N) is 2. The van der Waals surface area contributed by atoms with Gasteiger partial charge in [0.05, 0.1) is 16.3 Å². The number of hydrogen-bond donors (Lipinski definition) is 3. The van der Waals surface area contributed by atoms with E-state index in [-0.39, 0.29) is 29.4 Å². The van der Waals surface area contributed by atoms with Gasteiger partial charge in [-0.2, -0.15) is 5.10 Å². The molecule has 3 rings (SSSR count). The normalized spacial score (nSPS) is 19.3. The van der Waals surface area contributed by atoms with Gasteiger partial charge in [0.2, 0.25) is 5.91 Å². The van der Waals surface area contributed by atoms with Crippen LogP contribution in [0.3, 0.4) is 0 Å². The molecule has 2 unspecified atom stereocenters. The monoisotopic (exact) mass is 334 g/mol. The molecule has 122 valence electrons. The van der Waals surface area contributed by atoms with Crippen molar-refractivity contribution in [2.24, 2.45) is 5.92 Å². The molecule has 1 aliphatic rings. The molecule has 2 atom stereocenters. The summed E-state index contributed by atoms with van der Waals surface area (Å²) in [5.74, 6) is -0.879. The lowest BCUT2D eigenvalue weighted by atomic mass is 9.73. The zero-order valence-electron chi connectivity index (χ0n) is 13.3. The number of carbonyl (C=O) groups is 2. The van der Waals surface area contributed by atoms with E-state index in [1.807, 2.05) is 6.92 Å². The molecule has 0 bridgehead atoms. The maximum atomic E-state index is 11.5. The van der Waals surface area contributed by atoms with Crippen LogP contribution in [0, 0.1) is 5.92 Å². The third-order valence-corrected chi connectivity index (χ3v) is 5.20. The van der Waals surface area contributed by atoms with Gasteiger partial charge in [0.25, 0.3) is 0 Å². The Kier molecular flexibility index (Phi) is 3.71. The van der Waals surface area contributed by atoms with Crippen LogP contribution in [0.4, 0.5) is 5.13 Å². The highest BCUT2D eigenvalue weighted by atomic mass is 32.1. The van der Waals surface area contributed by atoms with Crippen molar-refractivity contribution in [3.63, 3.8) is 0 Å². The van der Waals surface area contributed by atoms with E-state index in [1.54, 1.807) is 0 Å². The van der Waals surface area contributed by atoms with E-state index in [0.29, 0.717) is 10.8 Å². The molecule has 0 aromatic carbocycles. The zero-order valence-corrected chi connectivity index (χ0v) is 14.1. The molecule has 0 saturated carbocycles. The van der Waals surface area contributed by atoms with E-state index in [0.717, 1.165) is 16.1 Å². The minimum absolute atomic E-state index is 0.0189. The summed E-state index contributed by atoms with van der Waals surface area (Å²) in [6.45, 7) is 7.63. The largest absolute Gasteiger partial charge is 0.476 e. The van der Waals surface area contributed by atoms with E-state index >= 15 is 0 Å². The van der Waals surface area contributed by atoms with Crippen LogP contribution in [0.1, 0.15) is 61.3 Å². The van der Waals surface area contributed by atoms with E-state index < -0.39 is 5.97 Å². The first-order valence-corrected chi connectivity index (χ1v) is 8.23. The van der Waals surface area contributed by atoms with Crippen LogP contribution in [0.25, 0.3) is 10.6 Å². The number of aromatic amines is 1. The second-order valence-electron chi connectivity index (χ2n) is 6.14. The lowest BCUT2D eigenvalue weighted by Crippen LogP contribution is -2.21. The molecule has 2 aromatic rings. The number of carboxylic acids is 1. The number of carboxylic acid groups (broad SMARTS) is 1. The highest BCUT2D eigenvalue weighted by Gasteiger charge is 2.40. The van der Waals surface area contributed by atoms with Crippen molar-refractivity contribution in [1.82, 2.24) is 15.2 Å². The fraction of sp³-hybridized carbons (Fsp3) is 0.467. The molecule has 1 aliphatic carbocycles. The van der Waals surface area contributed by atoms with Gasteiger partial charge >= 0.3 is 5.97 Å². The Morgan fingerprint density at radius 1 is 1.39 bits per heavy atom. The van der Waals surface area contributed by atoms with Gasteiger partial charge in [-0.05, 0) is 11.8 Å². The van der Waals surface area contributed by atoms with Crippen LogP contribution in [-0.4, -0.2) is 32.2 Å². The second-order valence-corrected chi connectivity index (χ2v) is 7.14. The topological polar surface area (TPSA) is 108 Å². The van der Waals surface area contributed by atoms with Gasteiger partial charge in [-0.25, -0.2) is 9.78 Å². The molecule has 3 N–H and O–H groups in total. The number of nitrogens with one attached hydrogen (secondary N) is 2. The summed E-state index contributed by atoms with van der Waals surface area (Å²) in [5, 5.41) is 19.5.